The molecule has 4 rings (SSSR count). The number of rotatable bonds is 5. The number of ether oxygens (including phenoxy) is 1. The van der Waals surface area contributed by atoms with Crippen LogP contribution in [0.5, 0.6) is 0 Å². The first-order valence-electron chi connectivity index (χ1n) is 9.54. The molecule has 0 spiro atoms. The Kier molecular flexibility index (Phi) is 5.77. The first-order valence-corrected chi connectivity index (χ1v) is 10.4. The Labute approximate surface area is 183 Å². The van der Waals surface area contributed by atoms with E-state index in [1.807, 2.05) is 31.2 Å². The molecule has 2 amide bonds. The summed E-state index contributed by atoms with van der Waals surface area (Å²) in [6.45, 7) is 2.19. The van der Waals surface area contributed by atoms with E-state index in [9.17, 15) is 14.4 Å². The lowest BCUT2D eigenvalue weighted by atomic mass is 10.1. The molecule has 31 heavy (non-hydrogen) atoms. The van der Waals surface area contributed by atoms with Crippen molar-refractivity contribution in [3.8, 4) is 11.3 Å². The lowest BCUT2D eigenvalue weighted by Crippen LogP contribution is -2.27. The maximum atomic E-state index is 12.8. The molecule has 1 fully saturated rings. The van der Waals surface area contributed by atoms with Crippen LogP contribution in [-0.4, -0.2) is 29.1 Å². The number of methoxy groups -OCH3 is 1. The minimum atomic E-state index is -0.409. The topological polar surface area (TPSA) is 76.8 Å². The fourth-order valence-corrected chi connectivity index (χ4v) is 4.02. The van der Waals surface area contributed by atoms with Crippen molar-refractivity contribution in [1.29, 1.82) is 0 Å². The Balaban J connectivity index is 1.51. The Morgan fingerprint density at radius 2 is 1.81 bits per heavy atom. The second-order valence-corrected chi connectivity index (χ2v) is 7.96. The monoisotopic (exact) mass is 433 g/mol. The smallest absolute Gasteiger partial charge is 0.337 e. The van der Waals surface area contributed by atoms with E-state index in [2.05, 4.69) is 0 Å². The molecule has 0 bridgehead atoms. The van der Waals surface area contributed by atoms with Gasteiger partial charge < -0.3 is 9.15 Å². The van der Waals surface area contributed by atoms with Crippen molar-refractivity contribution >= 4 is 35.0 Å². The average Bonchev–Trinajstić information content (AvgIpc) is 3.35. The Hall–Kier alpha value is -3.58. The van der Waals surface area contributed by atoms with E-state index in [4.69, 9.17) is 9.15 Å². The zero-order valence-corrected chi connectivity index (χ0v) is 17.8. The molecule has 0 unspecified atom stereocenters. The van der Waals surface area contributed by atoms with Gasteiger partial charge in [0.15, 0.2) is 0 Å². The minimum absolute atomic E-state index is 0.241. The van der Waals surface area contributed by atoms with Gasteiger partial charge in [0, 0.05) is 11.6 Å². The number of aryl methyl sites for hydroxylation is 1. The van der Waals surface area contributed by atoms with E-state index < -0.39 is 5.97 Å². The highest BCUT2D eigenvalue weighted by atomic mass is 32.2. The van der Waals surface area contributed by atoms with Crippen molar-refractivity contribution in [1.82, 2.24) is 4.90 Å². The molecule has 0 aliphatic carbocycles. The number of amides is 2. The molecule has 6 nitrogen and oxygen atoms in total. The number of hydrogen-bond donors (Lipinski definition) is 0. The second-order valence-electron chi connectivity index (χ2n) is 6.97. The zero-order valence-electron chi connectivity index (χ0n) is 17.0. The van der Waals surface area contributed by atoms with Crippen molar-refractivity contribution in [2.24, 2.45) is 0 Å². The molecule has 1 aliphatic heterocycles. The van der Waals surface area contributed by atoms with Gasteiger partial charge in [-0.15, -0.1) is 0 Å². The number of benzene rings is 2. The van der Waals surface area contributed by atoms with Crippen LogP contribution in [0.25, 0.3) is 17.4 Å². The summed E-state index contributed by atoms with van der Waals surface area (Å²) >= 11 is 0.902. The summed E-state index contributed by atoms with van der Waals surface area (Å²) in [4.78, 5) is 38.3. The molecule has 0 radical (unpaired) electrons. The van der Waals surface area contributed by atoms with Crippen LogP contribution >= 0.6 is 11.8 Å². The van der Waals surface area contributed by atoms with Crippen LogP contribution in [0.4, 0.5) is 4.79 Å². The summed E-state index contributed by atoms with van der Waals surface area (Å²) < 4.78 is 10.5. The first kappa shape index (κ1) is 20.7. The highest BCUT2D eigenvalue weighted by Crippen LogP contribution is 2.34. The number of thioether (sulfide) groups is 1. The van der Waals surface area contributed by atoms with Crippen LogP contribution in [0.2, 0.25) is 0 Å². The summed E-state index contributed by atoms with van der Waals surface area (Å²) in [6.07, 6.45) is 1.58. The van der Waals surface area contributed by atoms with Crippen LogP contribution in [-0.2, 0) is 16.1 Å². The normalized spacial score (nSPS) is 15.0. The second kappa shape index (κ2) is 8.65. The van der Waals surface area contributed by atoms with E-state index in [0.717, 1.165) is 28.5 Å². The van der Waals surface area contributed by atoms with Crippen LogP contribution < -0.4 is 0 Å². The van der Waals surface area contributed by atoms with Gasteiger partial charge in [-0.25, -0.2) is 4.79 Å². The molecule has 0 saturated carbocycles. The molecule has 1 aromatic heterocycles. The Morgan fingerprint density at radius 1 is 1.06 bits per heavy atom. The van der Waals surface area contributed by atoms with Crippen molar-refractivity contribution < 1.29 is 23.5 Å². The minimum Gasteiger partial charge on any atom is -0.465 e. The number of carbonyl (C=O) groups excluding carboxylic acids is 3. The Bertz CT molecular complexity index is 1190. The molecule has 156 valence electrons. The lowest BCUT2D eigenvalue weighted by molar-refractivity contribution is -0.123. The van der Waals surface area contributed by atoms with E-state index in [1.54, 1.807) is 42.5 Å². The molecule has 2 heterocycles. The van der Waals surface area contributed by atoms with Gasteiger partial charge in [-0.1, -0.05) is 36.4 Å². The van der Waals surface area contributed by atoms with Crippen molar-refractivity contribution in [2.45, 2.75) is 13.5 Å². The van der Waals surface area contributed by atoms with E-state index in [1.165, 1.54) is 12.0 Å². The molecule has 7 heteroatoms. The maximum absolute atomic E-state index is 12.8. The number of esters is 1. The predicted octanol–water partition coefficient (Wildman–Crippen LogP) is 5.28. The van der Waals surface area contributed by atoms with Gasteiger partial charge in [-0.2, -0.15) is 0 Å². The lowest BCUT2D eigenvalue weighted by Gasteiger charge is -2.14. The van der Waals surface area contributed by atoms with E-state index in [0.29, 0.717) is 22.0 Å². The van der Waals surface area contributed by atoms with Crippen LogP contribution in [0, 0.1) is 6.92 Å². The van der Waals surface area contributed by atoms with Crippen molar-refractivity contribution in [3.05, 3.63) is 88.0 Å². The van der Waals surface area contributed by atoms with Crippen molar-refractivity contribution in [2.75, 3.05) is 7.11 Å². The van der Waals surface area contributed by atoms with Crippen molar-refractivity contribution in [3.63, 3.8) is 0 Å². The number of furan rings is 1. The Morgan fingerprint density at radius 3 is 2.52 bits per heavy atom. The summed E-state index contributed by atoms with van der Waals surface area (Å²) in [5, 5.41) is -0.301. The fourth-order valence-electron chi connectivity index (χ4n) is 3.20. The SMILES string of the molecule is COC(=O)c1ccc(-c2ccc(/C=C3\SC(=O)N(Cc4ccccc4C)C3=O)o2)cc1. The van der Waals surface area contributed by atoms with Gasteiger partial charge in [-0.3, -0.25) is 14.5 Å². The largest absolute Gasteiger partial charge is 0.465 e. The zero-order chi connectivity index (χ0) is 22.0. The molecule has 3 aromatic rings. The number of carbonyl (C=O) groups is 3. The summed E-state index contributed by atoms with van der Waals surface area (Å²) in [5.74, 6) is 0.307. The summed E-state index contributed by atoms with van der Waals surface area (Å²) in [5.41, 5.74) is 3.18. The van der Waals surface area contributed by atoms with Crippen LogP contribution in [0.15, 0.2) is 70.0 Å². The first-order chi connectivity index (χ1) is 15.0. The molecule has 0 atom stereocenters. The summed E-state index contributed by atoms with van der Waals surface area (Å²) in [7, 11) is 1.33. The predicted molar refractivity (Wildman–Crippen MR) is 118 cm³/mol. The highest BCUT2D eigenvalue weighted by molar-refractivity contribution is 8.18. The number of imide groups is 1. The van der Waals surface area contributed by atoms with E-state index >= 15 is 0 Å². The average molecular weight is 433 g/mol. The van der Waals surface area contributed by atoms with Gasteiger partial charge >= 0.3 is 5.97 Å². The molecule has 0 N–H and O–H groups in total. The highest BCUT2D eigenvalue weighted by Gasteiger charge is 2.35. The van der Waals surface area contributed by atoms with E-state index in [-0.39, 0.29) is 17.7 Å². The van der Waals surface area contributed by atoms with Gasteiger partial charge in [0.2, 0.25) is 0 Å². The maximum Gasteiger partial charge on any atom is 0.337 e. The number of nitrogens with zero attached hydrogens (tertiary/aromatic N) is 1. The third-order valence-electron chi connectivity index (χ3n) is 4.95. The third-order valence-corrected chi connectivity index (χ3v) is 5.86. The molecule has 2 aromatic carbocycles. The van der Waals surface area contributed by atoms with Gasteiger partial charge in [0.05, 0.1) is 24.1 Å². The van der Waals surface area contributed by atoms with Crippen LogP contribution in [0.3, 0.4) is 0 Å². The molecular formula is C24H19NO5S. The quantitative estimate of drug-likeness (QED) is 0.403. The summed E-state index contributed by atoms with van der Waals surface area (Å²) in [6, 6.07) is 18.0. The standard InChI is InChI=1S/C24H19NO5S/c1-15-5-3-4-6-18(15)14-25-22(26)21(31-24(25)28)13-19-11-12-20(30-19)16-7-9-17(10-8-16)23(27)29-2/h3-13H,14H2,1-2H3/b21-13-. The molecular weight excluding hydrogens is 414 g/mol. The third kappa shape index (κ3) is 4.32. The number of hydrogen-bond acceptors (Lipinski definition) is 6. The van der Waals surface area contributed by atoms with Gasteiger partial charge in [0.25, 0.3) is 11.1 Å². The molecule has 1 saturated heterocycles. The molecule has 1 aliphatic rings. The van der Waals surface area contributed by atoms with Gasteiger partial charge in [-0.05, 0) is 54.1 Å². The van der Waals surface area contributed by atoms with Crippen LogP contribution in [0.1, 0.15) is 27.2 Å². The fraction of sp³-hybridized carbons (Fsp3) is 0.125. The van der Waals surface area contributed by atoms with Gasteiger partial charge in [0.1, 0.15) is 11.5 Å².